The second kappa shape index (κ2) is 6.99. The summed E-state index contributed by atoms with van der Waals surface area (Å²) in [6.45, 7) is 1.94. The van der Waals surface area contributed by atoms with E-state index in [0.717, 1.165) is 34.3 Å². The van der Waals surface area contributed by atoms with Crippen molar-refractivity contribution in [3.05, 3.63) is 66.4 Å². The summed E-state index contributed by atoms with van der Waals surface area (Å²) >= 11 is 0. The summed E-state index contributed by atoms with van der Waals surface area (Å²) in [6.07, 6.45) is 1.80. The van der Waals surface area contributed by atoms with Crippen molar-refractivity contribution in [2.75, 3.05) is 0 Å². The predicted molar refractivity (Wildman–Crippen MR) is 123 cm³/mol. The predicted octanol–water partition coefficient (Wildman–Crippen LogP) is 4.72. The van der Waals surface area contributed by atoms with Crippen LogP contribution in [0, 0.1) is 12.7 Å². The van der Waals surface area contributed by atoms with Crippen LogP contribution in [0.1, 0.15) is 5.82 Å². The first-order chi connectivity index (χ1) is 16.0. The number of aryl methyl sites for hydroxylation is 1. The summed E-state index contributed by atoms with van der Waals surface area (Å²) in [7, 11) is 1.95. The van der Waals surface area contributed by atoms with Crippen LogP contribution in [0.15, 0.2) is 54.7 Å². The van der Waals surface area contributed by atoms with Crippen LogP contribution in [0.4, 0.5) is 4.39 Å². The van der Waals surface area contributed by atoms with E-state index in [1.807, 2.05) is 48.9 Å². The topological polar surface area (TPSA) is 108 Å². The molecule has 0 unspecified atom stereocenters. The Labute approximate surface area is 186 Å². The van der Waals surface area contributed by atoms with E-state index >= 15 is 0 Å². The van der Waals surface area contributed by atoms with E-state index in [0.29, 0.717) is 33.7 Å². The number of phenols is 1. The van der Waals surface area contributed by atoms with Crippen LogP contribution in [0.25, 0.3) is 56.1 Å². The van der Waals surface area contributed by atoms with Gasteiger partial charge in [-0.05, 0) is 42.8 Å². The van der Waals surface area contributed by atoms with Crippen molar-refractivity contribution in [1.82, 2.24) is 34.7 Å². The smallest absolute Gasteiger partial charge is 0.161 e. The number of hydrogen-bond acceptors (Lipinski definition) is 5. The lowest BCUT2D eigenvalue weighted by Gasteiger charge is -2.04. The number of rotatable bonds is 3. The third-order valence-corrected chi connectivity index (χ3v) is 5.82. The molecule has 0 fully saturated rings. The molecule has 4 heterocycles. The Morgan fingerprint density at radius 1 is 1.00 bits per heavy atom. The molecule has 0 amide bonds. The summed E-state index contributed by atoms with van der Waals surface area (Å²) in [5.41, 5.74) is 6.36. The first-order valence-corrected chi connectivity index (χ1v) is 10.3. The zero-order valence-corrected chi connectivity index (χ0v) is 17.8. The number of fused-ring (bicyclic) bond motifs is 2. The quantitative estimate of drug-likeness (QED) is 0.370. The number of hydrogen-bond donors (Lipinski definition) is 3. The van der Waals surface area contributed by atoms with Crippen molar-refractivity contribution in [2.24, 2.45) is 7.05 Å². The van der Waals surface area contributed by atoms with Crippen molar-refractivity contribution in [3.63, 3.8) is 0 Å². The Hall–Kier alpha value is -4.53. The van der Waals surface area contributed by atoms with Gasteiger partial charge >= 0.3 is 0 Å². The molecule has 0 atom stereocenters. The van der Waals surface area contributed by atoms with E-state index in [1.54, 1.807) is 6.20 Å². The Morgan fingerprint density at radius 2 is 1.88 bits per heavy atom. The van der Waals surface area contributed by atoms with Crippen molar-refractivity contribution in [1.29, 1.82) is 0 Å². The molecule has 0 radical (unpaired) electrons. The molecule has 0 saturated heterocycles. The highest BCUT2D eigenvalue weighted by molar-refractivity contribution is 5.96. The van der Waals surface area contributed by atoms with Crippen molar-refractivity contribution >= 4 is 22.1 Å². The Morgan fingerprint density at radius 3 is 2.67 bits per heavy atom. The summed E-state index contributed by atoms with van der Waals surface area (Å²) in [5, 5.41) is 17.3. The number of benzene rings is 2. The van der Waals surface area contributed by atoms with Crippen LogP contribution in [-0.2, 0) is 7.05 Å². The number of imidazole rings is 2. The normalized spacial score (nSPS) is 11.6. The third kappa shape index (κ3) is 3.05. The molecule has 0 bridgehead atoms. The summed E-state index contributed by atoms with van der Waals surface area (Å²) in [6, 6.07) is 13.4. The Kier molecular flexibility index (Phi) is 4.06. The maximum absolute atomic E-state index is 13.9. The lowest BCUT2D eigenvalue weighted by Crippen LogP contribution is -1.96. The van der Waals surface area contributed by atoms with Gasteiger partial charge in [0.1, 0.15) is 22.9 Å². The van der Waals surface area contributed by atoms with Crippen molar-refractivity contribution < 1.29 is 9.50 Å². The fraction of sp³-hybridized carbons (Fsp3) is 0.0833. The number of nitrogens with zero attached hydrogens (tertiary/aromatic N) is 5. The molecule has 162 valence electrons. The molecule has 8 nitrogen and oxygen atoms in total. The number of H-pyrrole nitrogens is 2. The average molecular weight is 439 g/mol. The first-order valence-electron chi connectivity index (χ1n) is 10.3. The van der Waals surface area contributed by atoms with Gasteiger partial charge in [-0.3, -0.25) is 5.10 Å². The molecule has 0 aliphatic rings. The van der Waals surface area contributed by atoms with Gasteiger partial charge in [-0.1, -0.05) is 12.1 Å². The molecular formula is C24H18FN7O. The van der Waals surface area contributed by atoms with Crippen LogP contribution in [0.3, 0.4) is 0 Å². The van der Waals surface area contributed by atoms with Gasteiger partial charge < -0.3 is 14.7 Å². The lowest BCUT2D eigenvalue weighted by molar-refractivity contribution is 0.469. The second-order valence-electron chi connectivity index (χ2n) is 7.90. The number of aromatic nitrogens is 7. The number of nitrogens with one attached hydrogen (secondary N) is 2. The van der Waals surface area contributed by atoms with Gasteiger partial charge in [-0.25, -0.2) is 19.3 Å². The summed E-state index contributed by atoms with van der Waals surface area (Å²) in [4.78, 5) is 17.3. The third-order valence-electron chi connectivity index (χ3n) is 5.82. The van der Waals surface area contributed by atoms with Crippen LogP contribution in [-0.4, -0.2) is 39.8 Å². The maximum Gasteiger partial charge on any atom is 0.161 e. The minimum atomic E-state index is -0.516. The SMILES string of the molecule is Cc1ncc(-c2ccc3[nH]nc(-c4nc5c(-c6cc(O)cc(F)c6)cccc5[nH]4)c3n2)n1C. The molecular weight excluding hydrogens is 421 g/mol. The number of aromatic amines is 2. The number of para-hydroxylation sites is 1. The van der Waals surface area contributed by atoms with Crippen LogP contribution in [0.2, 0.25) is 0 Å². The van der Waals surface area contributed by atoms with Crippen molar-refractivity contribution in [3.8, 4) is 39.8 Å². The van der Waals surface area contributed by atoms with Gasteiger partial charge in [0.25, 0.3) is 0 Å². The molecule has 0 aliphatic carbocycles. The van der Waals surface area contributed by atoms with Gasteiger partial charge in [-0.15, -0.1) is 0 Å². The molecule has 3 N–H and O–H groups in total. The molecule has 0 aliphatic heterocycles. The molecule has 0 spiro atoms. The summed E-state index contributed by atoms with van der Waals surface area (Å²) < 4.78 is 15.9. The number of aromatic hydroxyl groups is 1. The van der Waals surface area contributed by atoms with Crippen LogP contribution in [0.5, 0.6) is 5.75 Å². The average Bonchev–Trinajstić information content (AvgIpc) is 3.49. The second-order valence-corrected chi connectivity index (χ2v) is 7.90. The lowest BCUT2D eigenvalue weighted by atomic mass is 10.0. The largest absolute Gasteiger partial charge is 0.508 e. The van der Waals surface area contributed by atoms with Gasteiger partial charge in [0.2, 0.25) is 0 Å². The Balaban J connectivity index is 1.52. The minimum Gasteiger partial charge on any atom is -0.508 e. The van der Waals surface area contributed by atoms with Gasteiger partial charge in [0.15, 0.2) is 11.5 Å². The minimum absolute atomic E-state index is 0.141. The van der Waals surface area contributed by atoms with Crippen LogP contribution >= 0.6 is 0 Å². The summed E-state index contributed by atoms with van der Waals surface area (Å²) in [5.74, 6) is 0.777. The molecule has 33 heavy (non-hydrogen) atoms. The standard InChI is InChI=1S/C24H18FN7O/c1-12-26-11-20(32(12)2)17-6-7-19-22(27-17)23(31-30-19)24-28-18-5-3-4-16(21(18)29-24)13-8-14(25)10-15(33)9-13/h3-11,33H,1-2H3,(H,28,29)(H,30,31). The molecule has 0 saturated carbocycles. The molecule has 9 heteroatoms. The van der Waals surface area contributed by atoms with Gasteiger partial charge in [-0.2, -0.15) is 5.10 Å². The van der Waals surface area contributed by atoms with E-state index in [-0.39, 0.29) is 5.75 Å². The number of halogens is 1. The zero-order chi connectivity index (χ0) is 22.7. The fourth-order valence-corrected chi connectivity index (χ4v) is 4.05. The van der Waals surface area contributed by atoms with E-state index in [9.17, 15) is 9.50 Å². The molecule has 6 rings (SSSR count). The van der Waals surface area contributed by atoms with E-state index in [2.05, 4.69) is 20.2 Å². The zero-order valence-electron chi connectivity index (χ0n) is 17.8. The van der Waals surface area contributed by atoms with Gasteiger partial charge in [0.05, 0.1) is 34.1 Å². The maximum atomic E-state index is 13.9. The van der Waals surface area contributed by atoms with Gasteiger partial charge in [0, 0.05) is 18.7 Å². The van der Waals surface area contributed by atoms with Crippen molar-refractivity contribution in [2.45, 2.75) is 6.92 Å². The highest BCUT2D eigenvalue weighted by Gasteiger charge is 2.18. The first kappa shape index (κ1) is 19.2. The monoisotopic (exact) mass is 439 g/mol. The molecule has 6 aromatic rings. The number of phenolic OH excluding ortho intramolecular Hbond substituents is 1. The highest BCUT2D eigenvalue weighted by Crippen LogP contribution is 2.33. The van der Waals surface area contributed by atoms with Crippen LogP contribution < -0.4 is 0 Å². The number of pyridine rings is 1. The molecule has 4 aromatic heterocycles. The van der Waals surface area contributed by atoms with E-state index in [1.165, 1.54) is 12.1 Å². The highest BCUT2D eigenvalue weighted by atomic mass is 19.1. The van der Waals surface area contributed by atoms with E-state index < -0.39 is 5.82 Å². The fourth-order valence-electron chi connectivity index (χ4n) is 4.05. The Bertz CT molecular complexity index is 1660. The molecule has 2 aromatic carbocycles. The van der Waals surface area contributed by atoms with E-state index in [4.69, 9.17) is 9.97 Å².